The normalized spacial score (nSPS) is 22.4. The van der Waals surface area contributed by atoms with Crippen LogP contribution in [0.2, 0.25) is 0 Å². The van der Waals surface area contributed by atoms with E-state index in [1.807, 2.05) is 12.1 Å². The predicted octanol–water partition coefficient (Wildman–Crippen LogP) is -1.63. The van der Waals surface area contributed by atoms with Gasteiger partial charge in [-0.2, -0.15) is 0 Å². The van der Waals surface area contributed by atoms with Gasteiger partial charge in [-0.1, -0.05) is 12.1 Å². The molecule has 102 valence electrons. The molecule has 0 atom stereocenters. The second-order valence-electron chi connectivity index (χ2n) is 5.09. The first-order valence-electron chi connectivity index (χ1n) is 6.65. The summed E-state index contributed by atoms with van der Waals surface area (Å²) in [5, 5.41) is 20.3. The molecule has 1 fully saturated rings. The molecule has 0 heterocycles. The molecule has 0 spiro atoms. The Morgan fingerprint density at radius 1 is 1.30 bits per heavy atom. The Hall–Kier alpha value is -0.840. The Morgan fingerprint density at radius 3 is 2.55 bits per heavy atom. The second kappa shape index (κ2) is 8.45. The zero-order chi connectivity index (χ0) is 13.7. The van der Waals surface area contributed by atoms with Crippen molar-refractivity contribution in [3.8, 4) is 5.75 Å². The molecule has 1 aliphatic carbocycles. The number of aliphatic carboxylic acids is 1. The summed E-state index contributed by atoms with van der Waals surface area (Å²) in [6.45, 7) is 0.689. The maximum absolute atomic E-state index is 10.7. The minimum Gasteiger partial charge on any atom is -0.550 e. The van der Waals surface area contributed by atoms with Gasteiger partial charge in [0.2, 0.25) is 0 Å². The first kappa shape index (κ1) is 17.2. The number of carboxylic acid groups (broad SMARTS) is 1. The largest absolute Gasteiger partial charge is 1.00 e. The fraction of sp³-hybridized carbons (Fsp3) is 0.467. The molecule has 0 saturated heterocycles. The molecule has 1 aromatic carbocycles. The van der Waals surface area contributed by atoms with Crippen molar-refractivity contribution in [2.45, 2.75) is 25.7 Å². The van der Waals surface area contributed by atoms with Crippen LogP contribution in [-0.4, -0.2) is 23.8 Å². The van der Waals surface area contributed by atoms with Crippen LogP contribution in [0.1, 0.15) is 31.2 Å². The van der Waals surface area contributed by atoms with E-state index in [-0.39, 0.29) is 41.2 Å². The van der Waals surface area contributed by atoms with Gasteiger partial charge in [0.15, 0.2) is 0 Å². The van der Waals surface area contributed by atoms with Crippen LogP contribution in [0.5, 0.6) is 5.75 Å². The molecule has 4 nitrogen and oxygen atoms in total. The first-order chi connectivity index (χ1) is 9.16. The average Bonchev–Trinajstić information content (AvgIpc) is 2.41. The number of carboxylic acids is 1. The maximum Gasteiger partial charge on any atom is 1.00 e. The molecule has 20 heavy (non-hydrogen) atoms. The van der Waals surface area contributed by atoms with Gasteiger partial charge in [0.05, 0.1) is 0 Å². The maximum atomic E-state index is 10.7. The van der Waals surface area contributed by atoms with E-state index in [1.54, 1.807) is 18.3 Å². The van der Waals surface area contributed by atoms with Gasteiger partial charge in [0, 0.05) is 24.3 Å². The third kappa shape index (κ3) is 4.93. The van der Waals surface area contributed by atoms with Crippen LogP contribution in [0.15, 0.2) is 29.3 Å². The number of rotatable bonds is 4. The zero-order valence-corrected chi connectivity index (χ0v) is 13.8. The van der Waals surface area contributed by atoms with Crippen molar-refractivity contribution in [1.82, 2.24) is 0 Å². The molecule has 0 amide bonds. The van der Waals surface area contributed by atoms with Crippen molar-refractivity contribution in [3.05, 3.63) is 29.8 Å². The topological polar surface area (TPSA) is 72.7 Å². The van der Waals surface area contributed by atoms with E-state index in [9.17, 15) is 15.0 Å². The van der Waals surface area contributed by atoms with Crippen LogP contribution in [0.25, 0.3) is 0 Å². The van der Waals surface area contributed by atoms with Crippen LogP contribution < -0.4 is 34.7 Å². The summed E-state index contributed by atoms with van der Waals surface area (Å²) in [6, 6.07) is 7.07. The van der Waals surface area contributed by atoms with Gasteiger partial charge >= 0.3 is 29.6 Å². The first-order valence-corrected chi connectivity index (χ1v) is 6.65. The summed E-state index contributed by atoms with van der Waals surface area (Å²) < 4.78 is 0. The van der Waals surface area contributed by atoms with Gasteiger partial charge in [0.25, 0.3) is 0 Å². The standard InChI is InChI=1S/C15H19NO3.Na/c17-14-4-2-1-3-13(14)10-16-9-11-5-7-12(8-6-11)15(18)19;/h1-4,10-12,17H,5-9H2,(H,18,19);/q;+1/p-1/t11-,12-;. The summed E-state index contributed by atoms with van der Waals surface area (Å²) in [5.74, 6) is -0.529. The number of nitrogens with zero attached hydrogens (tertiary/aromatic N) is 1. The third-order valence-corrected chi connectivity index (χ3v) is 3.71. The second-order valence-corrected chi connectivity index (χ2v) is 5.09. The summed E-state index contributed by atoms with van der Waals surface area (Å²) in [6.07, 6.45) is 4.84. The summed E-state index contributed by atoms with van der Waals surface area (Å²) >= 11 is 0. The quantitative estimate of drug-likeness (QED) is 0.533. The third-order valence-electron chi connectivity index (χ3n) is 3.71. The molecule has 0 aliphatic heterocycles. The Bertz CT molecular complexity index is 468. The SMILES string of the molecule is O=C([O-])[C@H]1CC[C@H](CN=Cc2ccccc2O)CC1.[Na+]. The van der Waals surface area contributed by atoms with E-state index in [4.69, 9.17) is 0 Å². The minimum absolute atomic E-state index is 0. The van der Waals surface area contributed by atoms with Crippen LogP contribution in [-0.2, 0) is 4.79 Å². The van der Waals surface area contributed by atoms with Crippen LogP contribution in [0, 0.1) is 11.8 Å². The number of carbonyl (C=O) groups is 1. The smallest absolute Gasteiger partial charge is 0.550 e. The van der Waals surface area contributed by atoms with Gasteiger partial charge in [0.1, 0.15) is 5.75 Å². The predicted molar refractivity (Wildman–Crippen MR) is 71.0 cm³/mol. The molecular weight excluding hydrogens is 265 g/mol. The molecule has 0 bridgehead atoms. The number of benzene rings is 1. The van der Waals surface area contributed by atoms with Crippen molar-refractivity contribution in [2.24, 2.45) is 16.8 Å². The molecule has 1 saturated carbocycles. The average molecular weight is 283 g/mol. The Balaban J connectivity index is 0.00000200. The molecule has 0 unspecified atom stereocenters. The van der Waals surface area contributed by atoms with E-state index >= 15 is 0 Å². The van der Waals surface area contributed by atoms with Crippen molar-refractivity contribution < 1.29 is 44.6 Å². The molecule has 0 radical (unpaired) electrons. The van der Waals surface area contributed by atoms with Crippen molar-refractivity contribution in [3.63, 3.8) is 0 Å². The van der Waals surface area contributed by atoms with Gasteiger partial charge in [-0.15, -0.1) is 0 Å². The van der Waals surface area contributed by atoms with E-state index < -0.39 is 5.97 Å². The molecule has 2 rings (SSSR count). The Kier molecular flexibility index (Phi) is 7.27. The fourth-order valence-corrected chi connectivity index (χ4v) is 2.48. The number of hydrogen-bond donors (Lipinski definition) is 1. The molecule has 5 heteroatoms. The van der Waals surface area contributed by atoms with E-state index in [2.05, 4.69) is 4.99 Å². The molecule has 1 aliphatic rings. The fourth-order valence-electron chi connectivity index (χ4n) is 2.48. The minimum atomic E-state index is -0.920. The van der Waals surface area contributed by atoms with Crippen LogP contribution in [0.4, 0.5) is 0 Å². The Labute approximate surface area is 141 Å². The summed E-state index contributed by atoms with van der Waals surface area (Å²) in [7, 11) is 0. The number of phenolic OH excluding ortho intramolecular Hbond substituents is 1. The number of hydrogen-bond acceptors (Lipinski definition) is 4. The van der Waals surface area contributed by atoms with Crippen LogP contribution >= 0.6 is 0 Å². The monoisotopic (exact) mass is 283 g/mol. The number of phenols is 1. The summed E-state index contributed by atoms with van der Waals surface area (Å²) in [4.78, 5) is 15.1. The number of para-hydroxylation sites is 1. The van der Waals surface area contributed by atoms with E-state index in [0.717, 1.165) is 12.8 Å². The molecule has 1 N–H and O–H groups in total. The number of aliphatic imine (C=N–C) groups is 1. The van der Waals surface area contributed by atoms with Crippen molar-refractivity contribution in [1.29, 1.82) is 0 Å². The summed E-state index contributed by atoms with van der Waals surface area (Å²) in [5.41, 5.74) is 0.714. The van der Waals surface area contributed by atoms with Gasteiger partial charge in [-0.25, -0.2) is 0 Å². The van der Waals surface area contributed by atoms with E-state index in [1.165, 1.54) is 0 Å². The zero-order valence-electron chi connectivity index (χ0n) is 11.8. The van der Waals surface area contributed by atoms with Crippen molar-refractivity contribution in [2.75, 3.05) is 6.54 Å². The molecular formula is C15H18NNaO3. The van der Waals surface area contributed by atoms with Gasteiger partial charge < -0.3 is 15.0 Å². The molecule has 1 aromatic rings. The van der Waals surface area contributed by atoms with E-state index in [0.29, 0.717) is 30.9 Å². The van der Waals surface area contributed by atoms with Gasteiger partial charge in [-0.3, -0.25) is 4.99 Å². The van der Waals surface area contributed by atoms with Crippen LogP contribution in [0.3, 0.4) is 0 Å². The van der Waals surface area contributed by atoms with Crippen molar-refractivity contribution >= 4 is 12.2 Å². The Morgan fingerprint density at radius 2 is 1.95 bits per heavy atom. The van der Waals surface area contributed by atoms with Gasteiger partial charge in [-0.05, 0) is 49.7 Å². The number of aromatic hydroxyl groups is 1. The number of carbonyl (C=O) groups excluding carboxylic acids is 1. The molecule has 0 aromatic heterocycles.